The molecule has 0 radical (unpaired) electrons. The Bertz CT molecular complexity index is 321. The van der Waals surface area contributed by atoms with Gasteiger partial charge in [0.1, 0.15) is 6.29 Å². The molecule has 0 fully saturated rings. The van der Waals surface area contributed by atoms with Crippen LogP contribution in [-0.4, -0.2) is 37.2 Å². The highest BCUT2D eigenvalue weighted by atomic mass is 16.2. The third-order valence-electron chi connectivity index (χ3n) is 2.57. The molecular formula is C19H40N2O2. The number of aldehydes is 1. The molecule has 0 spiro atoms. The van der Waals surface area contributed by atoms with E-state index in [0.717, 1.165) is 17.9 Å². The lowest BCUT2D eigenvalue weighted by atomic mass is 9.86. The second-order valence-corrected chi connectivity index (χ2v) is 6.97. The summed E-state index contributed by atoms with van der Waals surface area (Å²) in [5.74, 6) is 0.903. The standard InChI is InChI=1S/C13H24N2O2.C4H10.C2H6/c1-11(2)14-7-8-15(5)12(17)10-13(3,4)6-9-16;1-4(2)3;1-2/h9,14H,1,6-8,10H2,2-5H3;4H,1-3H3;1-2H3. The van der Waals surface area contributed by atoms with Gasteiger partial charge >= 0.3 is 0 Å². The van der Waals surface area contributed by atoms with Crippen molar-refractivity contribution in [3.8, 4) is 0 Å². The summed E-state index contributed by atoms with van der Waals surface area (Å²) in [4.78, 5) is 24.0. The number of likely N-dealkylation sites (N-methyl/N-ethyl adjacent to an activating group) is 1. The Morgan fingerprint density at radius 2 is 1.70 bits per heavy atom. The molecule has 1 N–H and O–H groups in total. The van der Waals surface area contributed by atoms with Crippen molar-refractivity contribution in [2.75, 3.05) is 20.1 Å². The highest BCUT2D eigenvalue weighted by Crippen LogP contribution is 2.24. The first-order chi connectivity index (χ1) is 10.5. The highest BCUT2D eigenvalue weighted by molar-refractivity contribution is 5.77. The zero-order chi connectivity index (χ0) is 19.1. The van der Waals surface area contributed by atoms with Crippen molar-refractivity contribution in [3.05, 3.63) is 12.3 Å². The van der Waals surface area contributed by atoms with Crippen molar-refractivity contribution in [1.82, 2.24) is 10.2 Å². The molecule has 0 saturated carbocycles. The van der Waals surface area contributed by atoms with Crippen molar-refractivity contribution in [2.45, 2.75) is 68.2 Å². The van der Waals surface area contributed by atoms with Crippen LogP contribution >= 0.6 is 0 Å². The normalized spacial score (nSPS) is 9.83. The molecule has 4 nitrogen and oxygen atoms in total. The Morgan fingerprint density at radius 3 is 2.04 bits per heavy atom. The van der Waals surface area contributed by atoms with E-state index in [1.807, 2.05) is 34.6 Å². The number of hydrogen-bond donors (Lipinski definition) is 1. The predicted molar refractivity (Wildman–Crippen MR) is 101 cm³/mol. The first kappa shape index (κ1) is 26.6. The number of nitrogens with zero attached hydrogens (tertiary/aromatic N) is 1. The Kier molecular flexibility index (Phi) is 18.0. The third-order valence-corrected chi connectivity index (χ3v) is 2.57. The number of carbonyl (C=O) groups excluding carboxylic acids is 2. The van der Waals surface area contributed by atoms with Crippen molar-refractivity contribution in [1.29, 1.82) is 0 Å². The van der Waals surface area contributed by atoms with Crippen LogP contribution in [0.5, 0.6) is 0 Å². The molecule has 0 unspecified atom stereocenters. The number of allylic oxidation sites excluding steroid dienone is 1. The van der Waals surface area contributed by atoms with Gasteiger partial charge in [-0.05, 0) is 18.3 Å². The summed E-state index contributed by atoms with van der Waals surface area (Å²) in [6.07, 6.45) is 1.68. The van der Waals surface area contributed by atoms with Gasteiger partial charge in [-0.2, -0.15) is 0 Å². The molecule has 0 aliphatic carbocycles. The highest BCUT2D eigenvalue weighted by Gasteiger charge is 2.23. The zero-order valence-corrected chi connectivity index (χ0v) is 17.0. The largest absolute Gasteiger partial charge is 0.387 e. The first-order valence-electron chi connectivity index (χ1n) is 8.58. The fourth-order valence-electron chi connectivity index (χ4n) is 1.40. The molecule has 23 heavy (non-hydrogen) atoms. The van der Waals surface area contributed by atoms with Crippen LogP contribution in [0.15, 0.2) is 12.3 Å². The molecule has 0 aliphatic heterocycles. The Hall–Kier alpha value is -1.32. The van der Waals surface area contributed by atoms with Crippen LogP contribution in [0, 0.1) is 11.3 Å². The SMILES string of the molecule is C=C(C)NCCN(C)C(=O)CC(C)(C)CC=O.CC.CC(C)C. The molecular weight excluding hydrogens is 288 g/mol. The lowest BCUT2D eigenvalue weighted by Gasteiger charge is -2.25. The third kappa shape index (κ3) is 23.1. The summed E-state index contributed by atoms with van der Waals surface area (Å²) in [7, 11) is 1.78. The van der Waals surface area contributed by atoms with Crippen molar-refractivity contribution in [3.63, 3.8) is 0 Å². The van der Waals surface area contributed by atoms with E-state index in [1.54, 1.807) is 11.9 Å². The molecule has 4 heteroatoms. The van der Waals surface area contributed by atoms with Crippen LogP contribution in [-0.2, 0) is 9.59 Å². The van der Waals surface area contributed by atoms with E-state index in [9.17, 15) is 9.59 Å². The minimum atomic E-state index is -0.255. The van der Waals surface area contributed by atoms with Crippen molar-refractivity contribution in [2.24, 2.45) is 11.3 Å². The lowest BCUT2D eigenvalue weighted by Crippen LogP contribution is -2.35. The molecule has 0 aromatic rings. The van der Waals surface area contributed by atoms with Gasteiger partial charge in [0.25, 0.3) is 0 Å². The molecule has 0 atom stereocenters. The molecule has 0 aliphatic rings. The van der Waals surface area contributed by atoms with E-state index < -0.39 is 0 Å². The summed E-state index contributed by atoms with van der Waals surface area (Å²) in [6.45, 7) is 21.3. The second-order valence-electron chi connectivity index (χ2n) is 6.97. The first-order valence-corrected chi connectivity index (χ1v) is 8.58. The predicted octanol–water partition coefficient (Wildman–Crippen LogP) is 4.26. The van der Waals surface area contributed by atoms with E-state index in [-0.39, 0.29) is 11.3 Å². The van der Waals surface area contributed by atoms with Crippen molar-refractivity contribution < 1.29 is 9.59 Å². The molecule has 0 heterocycles. The molecule has 0 saturated heterocycles. The van der Waals surface area contributed by atoms with Gasteiger partial charge in [-0.15, -0.1) is 0 Å². The fourth-order valence-corrected chi connectivity index (χ4v) is 1.40. The van der Waals surface area contributed by atoms with E-state index in [2.05, 4.69) is 32.7 Å². The van der Waals surface area contributed by atoms with Crippen LogP contribution in [0.25, 0.3) is 0 Å². The van der Waals surface area contributed by atoms with Gasteiger partial charge in [-0.25, -0.2) is 0 Å². The van der Waals surface area contributed by atoms with Gasteiger partial charge in [0, 0.05) is 38.7 Å². The number of rotatable bonds is 8. The van der Waals surface area contributed by atoms with E-state index in [1.165, 1.54) is 0 Å². The quantitative estimate of drug-likeness (QED) is 0.677. The average molecular weight is 329 g/mol. The minimum Gasteiger partial charge on any atom is -0.387 e. The van der Waals surface area contributed by atoms with Crippen molar-refractivity contribution >= 4 is 12.2 Å². The Labute approximate surface area is 144 Å². The summed E-state index contributed by atoms with van der Waals surface area (Å²) in [5, 5.41) is 3.07. The van der Waals surface area contributed by atoms with Gasteiger partial charge in [0.05, 0.1) is 0 Å². The molecule has 138 valence electrons. The number of amides is 1. The van der Waals surface area contributed by atoms with Crippen LogP contribution in [0.2, 0.25) is 0 Å². The van der Waals surface area contributed by atoms with Crippen LogP contribution in [0.4, 0.5) is 0 Å². The van der Waals surface area contributed by atoms with Gasteiger partial charge < -0.3 is 15.0 Å². The maximum Gasteiger partial charge on any atom is 0.222 e. The molecule has 1 amide bonds. The maximum absolute atomic E-state index is 11.9. The summed E-state index contributed by atoms with van der Waals surface area (Å²) >= 11 is 0. The van der Waals surface area contributed by atoms with Gasteiger partial charge in [0.2, 0.25) is 5.91 Å². The summed E-state index contributed by atoms with van der Waals surface area (Å²) < 4.78 is 0. The minimum absolute atomic E-state index is 0.0698. The van der Waals surface area contributed by atoms with E-state index in [4.69, 9.17) is 0 Å². The lowest BCUT2D eigenvalue weighted by molar-refractivity contribution is -0.132. The number of nitrogens with one attached hydrogen (secondary N) is 1. The Balaban J connectivity index is -0.000000574. The van der Waals surface area contributed by atoms with Crippen LogP contribution in [0.1, 0.15) is 68.2 Å². The summed E-state index contributed by atoms with van der Waals surface area (Å²) in [5.41, 5.74) is 0.640. The monoisotopic (exact) mass is 328 g/mol. The fraction of sp³-hybridized carbons (Fsp3) is 0.789. The Morgan fingerprint density at radius 1 is 1.26 bits per heavy atom. The molecule has 0 bridgehead atoms. The second kappa shape index (κ2) is 15.6. The van der Waals surface area contributed by atoms with Gasteiger partial charge in [0.15, 0.2) is 0 Å². The summed E-state index contributed by atoms with van der Waals surface area (Å²) in [6, 6.07) is 0. The number of carbonyl (C=O) groups is 2. The van der Waals surface area contributed by atoms with Crippen LogP contribution < -0.4 is 5.32 Å². The topological polar surface area (TPSA) is 49.4 Å². The average Bonchev–Trinajstić information content (AvgIpc) is 2.39. The maximum atomic E-state index is 11.9. The van der Waals surface area contributed by atoms with E-state index >= 15 is 0 Å². The van der Waals surface area contributed by atoms with Crippen LogP contribution in [0.3, 0.4) is 0 Å². The smallest absolute Gasteiger partial charge is 0.222 e. The van der Waals surface area contributed by atoms with Gasteiger partial charge in [-0.3, -0.25) is 4.79 Å². The van der Waals surface area contributed by atoms with Gasteiger partial charge in [-0.1, -0.05) is 55.0 Å². The molecule has 0 aromatic heterocycles. The number of hydrogen-bond acceptors (Lipinski definition) is 3. The molecule has 0 aromatic carbocycles. The zero-order valence-electron chi connectivity index (χ0n) is 17.0. The van der Waals surface area contributed by atoms with E-state index in [0.29, 0.717) is 25.9 Å². The molecule has 0 rings (SSSR count).